The van der Waals surface area contributed by atoms with Gasteiger partial charge >= 0.3 is 11.9 Å². The number of esters is 2. The molecule has 0 aromatic heterocycles. The largest absolute Gasteiger partial charge is 0.466 e. The fourth-order valence-corrected chi connectivity index (χ4v) is 3.15. The summed E-state index contributed by atoms with van der Waals surface area (Å²) in [5.41, 5.74) is 2.49. The first-order valence-corrected chi connectivity index (χ1v) is 8.04. The Morgan fingerprint density at radius 3 is 2.32 bits per heavy atom. The van der Waals surface area contributed by atoms with Crippen molar-refractivity contribution in [3.8, 4) is 0 Å². The molecule has 0 amide bonds. The van der Waals surface area contributed by atoms with Crippen LogP contribution in [-0.4, -0.2) is 25.2 Å². The van der Waals surface area contributed by atoms with Crippen molar-refractivity contribution in [2.45, 2.75) is 39.5 Å². The summed E-state index contributed by atoms with van der Waals surface area (Å²) >= 11 is 0. The molecule has 0 saturated carbocycles. The third kappa shape index (κ3) is 4.09. The molecule has 0 radical (unpaired) electrons. The van der Waals surface area contributed by atoms with Gasteiger partial charge in [0.1, 0.15) is 0 Å². The molecule has 2 unspecified atom stereocenters. The van der Waals surface area contributed by atoms with Crippen LogP contribution in [0.3, 0.4) is 0 Å². The average molecular weight is 304 g/mol. The van der Waals surface area contributed by atoms with E-state index in [0.29, 0.717) is 32.5 Å². The van der Waals surface area contributed by atoms with Crippen molar-refractivity contribution in [3.63, 3.8) is 0 Å². The van der Waals surface area contributed by atoms with E-state index >= 15 is 0 Å². The van der Waals surface area contributed by atoms with Gasteiger partial charge in [0.25, 0.3) is 0 Å². The van der Waals surface area contributed by atoms with Crippen LogP contribution >= 0.6 is 0 Å². The summed E-state index contributed by atoms with van der Waals surface area (Å²) in [6.45, 7) is 4.41. The van der Waals surface area contributed by atoms with Crippen molar-refractivity contribution in [1.29, 1.82) is 0 Å². The van der Waals surface area contributed by atoms with E-state index in [0.717, 1.165) is 6.42 Å². The van der Waals surface area contributed by atoms with Crippen molar-refractivity contribution in [3.05, 3.63) is 35.4 Å². The summed E-state index contributed by atoms with van der Waals surface area (Å²) in [5.74, 6) is -0.363. The average Bonchev–Trinajstić information content (AvgIpc) is 2.52. The van der Waals surface area contributed by atoms with Crippen LogP contribution in [0.2, 0.25) is 0 Å². The molecule has 0 saturated heterocycles. The molecule has 2 rings (SSSR count). The molecule has 2 atom stereocenters. The highest BCUT2D eigenvalue weighted by Gasteiger charge is 2.34. The fourth-order valence-electron chi connectivity index (χ4n) is 3.15. The highest BCUT2D eigenvalue weighted by atomic mass is 16.5. The monoisotopic (exact) mass is 304 g/mol. The number of rotatable bonds is 6. The molecule has 1 aliphatic carbocycles. The summed E-state index contributed by atoms with van der Waals surface area (Å²) in [6.07, 6.45) is 2.54. The van der Waals surface area contributed by atoms with Gasteiger partial charge in [0, 0.05) is 6.42 Å². The SMILES string of the molecule is CCOC(=O)CCC1Cc2ccccc2CC1C(=O)OCC. The molecule has 120 valence electrons. The Kier molecular flexibility index (Phi) is 5.99. The summed E-state index contributed by atoms with van der Waals surface area (Å²) in [5, 5.41) is 0. The van der Waals surface area contributed by atoms with Crippen LogP contribution in [0.4, 0.5) is 0 Å². The first-order valence-electron chi connectivity index (χ1n) is 8.04. The summed E-state index contributed by atoms with van der Waals surface area (Å²) < 4.78 is 10.2. The molecule has 0 fully saturated rings. The van der Waals surface area contributed by atoms with Gasteiger partial charge in [-0.15, -0.1) is 0 Å². The maximum atomic E-state index is 12.3. The molecular weight excluding hydrogens is 280 g/mol. The smallest absolute Gasteiger partial charge is 0.309 e. The zero-order valence-electron chi connectivity index (χ0n) is 13.3. The van der Waals surface area contributed by atoms with E-state index in [-0.39, 0.29) is 23.8 Å². The van der Waals surface area contributed by atoms with Gasteiger partial charge in [0.2, 0.25) is 0 Å². The molecule has 22 heavy (non-hydrogen) atoms. The molecule has 0 aliphatic heterocycles. The number of ether oxygens (including phenoxy) is 2. The Bertz CT molecular complexity index is 524. The molecule has 0 heterocycles. The number of fused-ring (bicyclic) bond motifs is 1. The number of hydrogen-bond donors (Lipinski definition) is 0. The van der Waals surface area contributed by atoms with Crippen molar-refractivity contribution in [2.75, 3.05) is 13.2 Å². The lowest BCUT2D eigenvalue weighted by molar-refractivity contribution is -0.151. The number of carbonyl (C=O) groups excluding carboxylic acids is 2. The standard InChI is InChI=1S/C18H24O4/c1-3-21-17(19)10-9-15-11-13-7-5-6-8-14(13)12-16(15)18(20)22-4-2/h5-8,15-16H,3-4,9-12H2,1-2H3. The van der Waals surface area contributed by atoms with Crippen LogP contribution in [-0.2, 0) is 31.9 Å². The van der Waals surface area contributed by atoms with Gasteiger partial charge in [-0.2, -0.15) is 0 Å². The van der Waals surface area contributed by atoms with Crippen LogP contribution in [0.15, 0.2) is 24.3 Å². The first-order chi connectivity index (χ1) is 10.7. The Hall–Kier alpha value is -1.84. The van der Waals surface area contributed by atoms with Crippen molar-refractivity contribution >= 4 is 11.9 Å². The van der Waals surface area contributed by atoms with E-state index < -0.39 is 0 Å². The Morgan fingerprint density at radius 2 is 1.68 bits per heavy atom. The molecule has 0 spiro atoms. The van der Waals surface area contributed by atoms with Gasteiger partial charge < -0.3 is 9.47 Å². The van der Waals surface area contributed by atoms with E-state index in [1.165, 1.54) is 11.1 Å². The molecule has 0 bridgehead atoms. The topological polar surface area (TPSA) is 52.6 Å². The molecule has 1 aromatic carbocycles. The van der Waals surface area contributed by atoms with Crippen molar-refractivity contribution in [1.82, 2.24) is 0 Å². The minimum atomic E-state index is -0.191. The molecule has 0 N–H and O–H groups in total. The minimum absolute atomic E-state index is 0.137. The fraction of sp³-hybridized carbons (Fsp3) is 0.556. The number of benzene rings is 1. The van der Waals surface area contributed by atoms with Gasteiger partial charge in [0.15, 0.2) is 0 Å². The van der Waals surface area contributed by atoms with Gasteiger partial charge in [-0.25, -0.2) is 0 Å². The second-order valence-corrected chi connectivity index (χ2v) is 5.64. The van der Waals surface area contributed by atoms with Crippen LogP contribution in [0.5, 0.6) is 0 Å². The van der Waals surface area contributed by atoms with Crippen LogP contribution in [0, 0.1) is 11.8 Å². The highest BCUT2D eigenvalue weighted by Crippen LogP contribution is 2.34. The molecule has 1 aromatic rings. The maximum absolute atomic E-state index is 12.3. The zero-order valence-corrected chi connectivity index (χ0v) is 13.3. The van der Waals surface area contributed by atoms with Gasteiger partial charge in [0.05, 0.1) is 19.1 Å². The van der Waals surface area contributed by atoms with E-state index in [9.17, 15) is 9.59 Å². The van der Waals surface area contributed by atoms with Crippen LogP contribution in [0.25, 0.3) is 0 Å². The normalized spacial score (nSPS) is 20.1. The quantitative estimate of drug-likeness (QED) is 0.758. The molecule has 1 aliphatic rings. The summed E-state index contributed by atoms with van der Waals surface area (Å²) in [4.78, 5) is 23.8. The number of carbonyl (C=O) groups is 2. The van der Waals surface area contributed by atoms with E-state index in [1.807, 2.05) is 19.1 Å². The molecular formula is C18H24O4. The Labute approximate surface area is 131 Å². The van der Waals surface area contributed by atoms with Crippen LogP contribution < -0.4 is 0 Å². The summed E-state index contributed by atoms with van der Waals surface area (Å²) in [6, 6.07) is 8.20. The molecule has 4 heteroatoms. The van der Waals surface area contributed by atoms with Crippen LogP contribution in [0.1, 0.15) is 37.8 Å². The third-order valence-electron chi connectivity index (χ3n) is 4.22. The Morgan fingerprint density at radius 1 is 1.05 bits per heavy atom. The predicted molar refractivity (Wildman–Crippen MR) is 83.3 cm³/mol. The van der Waals surface area contributed by atoms with Crippen molar-refractivity contribution < 1.29 is 19.1 Å². The maximum Gasteiger partial charge on any atom is 0.309 e. The lowest BCUT2D eigenvalue weighted by atomic mass is 9.74. The predicted octanol–water partition coefficient (Wildman–Crippen LogP) is 2.92. The summed E-state index contributed by atoms with van der Waals surface area (Å²) in [7, 11) is 0. The second-order valence-electron chi connectivity index (χ2n) is 5.64. The van der Waals surface area contributed by atoms with E-state index in [4.69, 9.17) is 9.47 Å². The lowest BCUT2D eigenvalue weighted by Gasteiger charge is -2.31. The second kappa shape index (κ2) is 7.97. The molecule has 4 nitrogen and oxygen atoms in total. The van der Waals surface area contributed by atoms with E-state index in [1.54, 1.807) is 6.92 Å². The number of hydrogen-bond acceptors (Lipinski definition) is 4. The third-order valence-corrected chi connectivity index (χ3v) is 4.22. The zero-order chi connectivity index (χ0) is 15.9. The minimum Gasteiger partial charge on any atom is -0.466 e. The Balaban J connectivity index is 2.09. The van der Waals surface area contributed by atoms with Crippen molar-refractivity contribution in [2.24, 2.45) is 11.8 Å². The van der Waals surface area contributed by atoms with Gasteiger partial charge in [-0.3, -0.25) is 9.59 Å². The highest BCUT2D eigenvalue weighted by molar-refractivity contribution is 5.74. The van der Waals surface area contributed by atoms with Gasteiger partial charge in [-0.05, 0) is 50.2 Å². The first kappa shape index (κ1) is 16.5. The lowest BCUT2D eigenvalue weighted by Crippen LogP contribution is -2.33. The van der Waals surface area contributed by atoms with Gasteiger partial charge in [-0.1, -0.05) is 24.3 Å². The van der Waals surface area contributed by atoms with E-state index in [2.05, 4.69) is 12.1 Å².